The third kappa shape index (κ3) is 8.36. The minimum absolute atomic E-state index is 0.0113. The van der Waals surface area contributed by atoms with Crippen LogP contribution in [0.15, 0.2) is 42.5 Å². The van der Waals surface area contributed by atoms with E-state index < -0.39 is 16.1 Å². The van der Waals surface area contributed by atoms with Crippen molar-refractivity contribution in [2.75, 3.05) is 17.1 Å². The van der Waals surface area contributed by atoms with Crippen molar-refractivity contribution >= 4 is 27.5 Å². The van der Waals surface area contributed by atoms with Gasteiger partial charge in [-0.3, -0.25) is 13.9 Å². The first-order valence-electron chi connectivity index (χ1n) is 12.5. The zero-order valence-electron chi connectivity index (χ0n) is 22.7. The highest BCUT2D eigenvalue weighted by atomic mass is 32.2. The molecule has 2 unspecified atom stereocenters. The van der Waals surface area contributed by atoms with Crippen molar-refractivity contribution in [1.82, 2.24) is 10.2 Å². The molecule has 198 valence electrons. The van der Waals surface area contributed by atoms with E-state index in [1.54, 1.807) is 11.8 Å². The summed E-state index contributed by atoms with van der Waals surface area (Å²) in [6, 6.07) is 12.9. The van der Waals surface area contributed by atoms with E-state index in [0.29, 0.717) is 18.7 Å². The van der Waals surface area contributed by atoms with E-state index in [4.69, 9.17) is 0 Å². The van der Waals surface area contributed by atoms with Crippen LogP contribution in [0.25, 0.3) is 0 Å². The van der Waals surface area contributed by atoms with Crippen LogP contribution in [0.4, 0.5) is 5.69 Å². The van der Waals surface area contributed by atoms with Gasteiger partial charge in [-0.1, -0.05) is 48.9 Å². The number of nitrogens with zero attached hydrogens (tertiary/aromatic N) is 2. The summed E-state index contributed by atoms with van der Waals surface area (Å²) < 4.78 is 26.5. The van der Waals surface area contributed by atoms with Gasteiger partial charge in [0.15, 0.2) is 0 Å². The molecule has 0 aromatic heterocycles. The smallest absolute Gasteiger partial charge is 0.242 e. The number of benzene rings is 2. The molecule has 2 rings (SSSR count). The van der Waals surface area contributed by atoms with Crippen molar-refractivity contribution in [2.24, 2.45) is 0 Å². The Kier molecular flexibility index (Phi) is 10.5. The third-order valence-electron chi connectivity index (χ3n) is 6.43. The van der Waals surface area contributed by atoms with Gasteiger partial charge in [0.1, 0.15) is 6.04 Å². The van der Waals surface area contributed by atoms with Gasteiger partial charge in [0, 0.05) is 25.6 Å². The van der Waals surface area contributed by atoms with E-state index in [-0.39, 0.29) is 30.8 Å². The predicted octanol–water partition coefficient (Wildman–Crippen LogP) is 4.49. The molecule has 0 saturated carbocycles. The van der Waals surface area contributed by atoms with Gasteiger partial charge in [-0.05, 0) is 70.2 Å². The first-order chi connectivity index (χ1) is 16.8. The molecule has 2 aromatic rings. The molecule has 0 radical (unpaired) electrons. The maximum Gasteiger partial charge on any atom is 0.242 e. The Morgan fingerprint density at radius 3 is 2.17 bits per heavy atom. The molecule has 0 bridgehead atoms. The Morgan fingerprint density at radius 2 is 1.58 bits per heavy atom. The van der Waals surface area contributed by atoms with Crippen LogP contribution in [0, 0.1) is 20.8 Å². The molecule has 0 aliphatic rings. The van der Waals surface area contributed by atoms with Crippen molar-refractivity contribution < 1.29 is 18.0 Å². The normalized spacial score (nSPS) is 13.1. The highest BCUT2D eigenvalue weighted by Crippen LogP contribution is 2.24. The molecule has 0 fully saturated rings. The van der Waals surface area contributed by atoms with Crippen LogP contribution in [-0.2, 0) is 26.2 Å². The molecule has 0 spiro atoms. The Labute approximate surface area is 216 Å². The number of carbonyl (C=O) groups is 2. The summed E-state index contributed by atoms with van der Waals surface area (Å²) in [5.41, 5.74) is 4.50. The van der Waals surface area contributed by atoms with E-state index in [9.17, 15) is 18.0 Å². The maximum absolute atomic E-state index is 13.4. The minimum atomic E-state index is -3.53. The lowest BCUT2D eigenvalue weighted by molar-refractivity contribution is -0.140. The summed E-state index contributed by atoms with van der Waals surface area (Å²) in [5.74, 6) is -0.380. The summed E-state index contributed by atoms with van der Waals surface area (Å²) in [5, 5.41) is 2.97. The van der Waals surface area contributed by atoms with Crippen molar-refractivity contribution in [3.05, 3.63) is 64.7 Å². The average Bonchev–Trinajstić information content (AvgIpc) is 2.81. The lowest BCUT2D eigenvalue weighted by Crippen LogP contribution is -2.49. The van der Waals surface area contributed by atoms with Gasteiger partial charge >= 0.3 is 0 Å². The number of amides is 2. The standard InChI is InChI=1S/C28H41N3O4S/c1-8-23(5)29-28(33)24(6)30(19-25-15-12-20(2)13-16-25)27(32)10-9-17-31(36(7,34)35)26-18-21(3)11-14-22(26)4/h11-16,18,23-24H,8-10,17,19H2,1-7H3,(H,29,33). The van der Waals surface area contributed by atoms with Gasteiger partial charge in [-0.15, -0.1) is 0 Å². The molecular weight excluding hydrogens is 474 g/mol. The van der Waals surface area contributed by atoms with Gasteiger partial charge in [0.05, 0.1) is 11.9 Å². The Bertz CT molecular complexity index is 1150. The fraction of sp³-hybridized carbons (Fsp3) is 0.500. The van der Waals surface area contributed by atoms with Crippen LogP contribution in [0.3, 0.4) is 0 Å². The fourth-order valence-corrected chi connectivity index (χ4v) is 4.92. The monoisotopic (exact) mass is 515 g/mol. The van der Waals surface area contributed by atoms with Crippen LogP contribution in [-0.4, -0.2) is 50.0 Å². The van der Waals surface area contributed by atoms with Gasteiger partial charge in [-0.25, -0.2) is 8.42 Å². The van der Waals surface area contributed by atoms with Crippen LogP contribution < -0.4 is 9.62 Å². The van der Waals surface area contributed by atoms with Crippen molar-refractivity contribution in [2.45, 2.75) is 79.4 Å². The Hall–Kier alpha value is -2.87. The fourth-order valence-electron chi connectivity index (χ4n) is 3.91. The van der Waals surface area contributed by atoms with Crippen LogP contribution >= 0.6 is 0 Å². The van der Waals surface area contributed by atoms with Gasteiger partial charge in [-0.2, -0.15) is 0 Å². The van der Waals surface area contributed by atoms with E-state index in [2.05, 4.69) is 5.32 Å². The zero-order chi connectivity index (χ0) is 27.0. The molecule has 36 heavy (non-hydrogen) atoms. The van der Waals surface area contributed by atoms with E-state index in [0.717, 1.165) is 28.7 Å². The van der Waals surface area contributed by atoms with Crippen molar-refractivity contribution in [3.8, 4) is 0 Å². The summed E-state index contributed by atoms with van der Waals surface area (Å²) in [7, 11) is -3.53. The van der Waals surface area contributed by atoms with Gasteiger partial charge in [0.2, 0.25) is 21.8 Å². The lowest BCUT2D eigenvalue weighted by atomic mass is 10.1. The first-order valence-corrected chi connectivity index (χ1v) is 14.4. The predicted molar refractivity (Wildman–Crippen MR) is 146 cm³/mol. The number of nitrogens with one attached hydrogen (secondary N) is 1. The largest absolute Gasteiger partial charge is 0.352 e. The van der Waals surface area contributed by atoms with Crippen LogP contribution in [0.1, 0.15) is 62.3 Å². The van der Waals surface area contributed by atoms with Gasteiger partial charge in [0.25, 0.3) is 0 Å². The molecular formula is C28H41N3O4S. The van der Waals surface area contributed by atoms with Gasteiger partial charge < -0.3 is 10.2 Å². The zero-order valence-corrected chi connectivity index (χ0v) is 23.5. The molecule has 8 heteroatoms. The summed E-state index contributed by atoms with van der Waals surface area (Å²) in [6.45, 7) is 11.9. The number of carbonyl (C=O) groups excluding carboxylic acids is 2. The number of rotatable bonds is 12. The maximum atomic E-state index is 13.4. The minimum Gasteiger partial charge on any atom is -0.352 e. The number of aryl methyl sites for hydroxylation is 3. The topological polar surface area (TPSA) is 86.8 Å². The van der Waals surface area contributed by atoms with Crippen molar-refractivity contribution in [1.29, 1.82) is 0 Å². The van der Waals surface area contributed by atoms with E-state index >= 15 is 0 Å². The number of sulfonamides is 1. The SMILES string of the molecule is CCC(C)NC(=O)C(C)N(Cc1ccc(C)cc1)C(=O)CCCN(c1cc(C)ccc1C)S(C)(=O)=O. The number of anilines is 1. The molecule has 2 atom stereocenters. The molecule has 7 nitrogen and oxygen atoms in total. The lowest BCUT2D eigenvalue weighted by Gasteiger charge is -2.30. The molecule has 0 saturated heterocycles. The molecule has 0 aliphatic heterocycles. The highest BCUT2D eigenvalue weighted by Gasteiger charge is 2.27. The number of hydrogen-bond acceptors (Lipinski definition) is 4. The summed E-state index contributed by atoms with van der Waals surface area (Å²) in [4.78, 5) is 27.8. The highest BCUT2D eigenvalue weighted by molar-refractivity contribution is 7.92. The average molecular weight is 516 g/mol. The summed E-state index contributed by atoms with van der Waals surface area (Å²) in [6.07, 6.45) is 2.44. The van der Waals surface area contributed by atoms with Crippen LogP contribution in [0.2, 0.25) is 0 Å². The number of hydrogen-bond donors (Lipinski definition) is 1. The Balaban J connectivity index is 2.20. The second-order valence-corrected chi connectivity index (χ2v) is 11.6. The molecule has 2 amide bonds. The Morgan fingerprint density at radius 1 is 0.972 bits per heavy atom. The van der Waals surface area contributed by atoms with E-state index in [1.807, 2.05) is 77.1 Å². The molecule has 2 aromatic carbocycles. The third-order valence-corrected chi connectivity index (χ3v) is 7.61. The molecule has 0 aliphatic carbocycles. The molecule has 0 heterocycles. The quantitative estimate of drug-likeness (QED) is 0.451. The molecule has 1 N–H and O–H groups in total. The van der Waals surface area contributed by atoms with Crippen molar-refractivity contribution in [3.63, 3.8) is 0 Å². The second kappa shape index (κ2) is 12.9. The van der Waals surface area contributed by atoms with E-state index in [1.165, 1.54) is 10.6 Å². The second-order valence-electron chi connectivity index (χ2n) is 9.73. The van der Waals surface area contributed by atoms with Crippen LogP contribution in [0.5, 0.6) is 0 Å². The summed E-state index contributed by atoms with van der Waals surface area (Å²) >= 11 is 0. The first kappa shape index (κ1) is 29.4.